The first-order chi connectivity index (χ1) is 19.6. The van der Waals surface area contributed by atoms with Gasteiger partial charge in [0.15, 0.2) is 5.82 Å². The Morgan fingerprint density at radius 1 is 0.850 bits per heavy atom. The number of hydrogen-bond acceptors (Lipinski definition) is 8. The van der Waals surface area contributed by atoms with Gasteiger partial charge < -0.3 is 25.0 Å². The summed E-state index contributed by atoms with van der Waals surface area (Å²) in [6, 6.07) is 16.2. The molecule has 4 aliphatic rings. The van der Waals surface area contributed by atoms with Gasteiger partial charge in [-0.1, -0.05) is 30.3 Å². The zero-order chi connectivity index (χ0) is 26.8. The van der Waals surface area contributed by atoms with Crippen LogP contribution in [-0.2, 0) is 4.74 Å². The zero-order valence-electron chi connectivity index (χ0n) is 22.4. The van der Waals surface area contributed by atoms with E-state index in [-0.39, 0.29) is 11.6 Å². The Balaban J connectivity index is 1.23. The van der Waals surface area contributed by atoms with Crippen LogP contribution in [0.15, 0.2) is 48.5 Å². The number of phenols is 1. The lowest BCUT2D eigenvalue weighted by atomic mass is 9.96. The van der Waals surface area contributed by atoms with Crippen LogP contribution in [0.25, 0.3) is 32.8 Å². The lowest BCUT2D eigenvalue weighted by Crippen LogP contribution is -2.62. The van der Waals surface area contributed by atoms with Crippen molar-refractivity contribution in [1.29, 1.82) is 0 Å². The molecule has 8 rings (SSSR count). The summed E-state index contributed by atoms with van der Waals surface area (Å²) in [5.74, 6) is 1.15. The smallest absolute Gasteiger partial charge is 0.228 e. The van der Waals surface area contributed by atoms with E-state index in [1.165, 1.54) is 0 Å². The Morgan fingerprint density at radius 2 is 1.62 bits per heavy atom. The van der Waals surface area contributed by atoms with Crippen molar-refractivity contribution in [3.05, 3.63) is 54.3 Å². The van der Waals surface area contributed by atoms with Gasteiger partial charge in [-0.15, -0.1) is 0 Å². The second-order valence-electron chi connectivity index (χ2n) is 11.6. The highest BCUT2D eigenvalue weighted by atomic mass is 19.1. The number of aromatic hydroxyl groups is 1. The summed E-state index contributed by atoms with van der Waals surface area (Å²) in [4.78, 5) is 16.9. The predicted octanol–water partition coefficient (Wildman–Crippen LogP) is 3.76. The highest BCUT2D eigenvalue weighted by Gasteiger charge is 2.37. The molecule has 5 heterocycles. The van der Waals surface area contributed by atoms with E-state index >= 15 is 4.39 Å². The third kappa shape index (κ3) is 4.06. The number of piperazine rings is 1. The number of phenolic OH excluding ortho intramolecular Hbond substituents is 1. The number of rotatable bonds is 4. The number of halogens is 1. The molecule has 40 heavy (non-hydrogen) atoms. The van der Waals surface area contributed by atoms with Crippen LogP contribution in [0.5, 0.6) is 5.75 Å². The lowest BCUT2D eigenvalue weighted by molar-refractivity contribution is 0.0103. The predicted molar refractivity (Wildman–Crippen MR) is 155 cm³/mol. The van der Waals surface area contributed by atoms with Crippen LogP contribution in [0.2, 0.25) is 0 Å². The minimum Gasteiger partial charge on any atom is -0.508 e. The Bertz CT molecular complexity index is 1590. The molecule has 0 radical (unpaired) electrons. The van der Waals surface area contributed by atoms with Crippen LogP contribution in [0, 0.1) is 5.82 Å². The standard InChI is InChI=1S/C31H33FN6O2/c32-28-25(27-14-23(39)13-19-3-1-2-4-24(19)27)7-8-26-29(28)34-31(38-17-22(18-38)36-9-11-40-12-10-36)35-30(26)37-15-20-5-6-21(16-37)33-20/h1-4,7-8,13-14,20-22,33,39H,5-6,9-12,15-18H2/t20-,21+. The Kier molecular flexibility index (Phi) is 5.79. The van der Waals surface area contributed by atoms with Crippen molar-refractivity contribution in [2.45, 2.75) is 31.0 Å². The summed E-state index contributed by atoms with van der Waals surface area (Å²) in [6.07, 6.45) is 2.32. The molecule has 9 heteroatoms. The summed E-state index contributed by atoms with van der Waals surface area (Å²) >= 11 is 0. The molecule has 8 nitrogen and oxygen atoms in total. The van der Waals surface area contributed by atoms with Crippen LogP contribution in [0.1, 0.15) is 12.8 Å². The van der Waals surface area contributed by atoms with Crippen molar-refractivity contribution in [1.82, 2.24) is 20.2 Å². The Hall–Kier alpha value is -3.53. The van der Waals surface area contributed by atoms with E-state index < -0.39 is 0 Å². The molecule has 2 bridgehead atoms. The van der Waals surface area contributed by atoms with Gasteiger partial charge in [-0.25, -0.2) is 9.37 Å². The number of aromatic nitrogens is 2. The van der Waals surface area contributed by atoms with Gasteiger partial charge in [-0.05, 0) is 47.4 Å². The second-order valence-corrected chi connectivity index (χ2v) is 11.6. The number of hydrogen-bond donors (Lipinski definition) is 2. The molecule has 206 valence electrons. The minimum absolute atomic E-state index is 0.114. The number of fused-ring (bicyclic) bond motifs is 4. The molecule has 0 aliphatic carbocycles. The van der Waals surface area contributed by atoms with Gasteiger partial charge in [0.2, 0.25) is 5.95 Å². The maximum absolute atomic E-state index is 16.6. The molecule has 2 N–H and O–H groups in total. The average Bonchev–Trinajstić information content (AvgIpc) is 3.29. The quantitative estimate of drug-likeness (QED) is 0.405. The van der Waals surface area contributed by atoms with E-state index in [9.17, 15) is 5.11 Å². The van der Waals surface area contributed by atoms with Crippen molar-refractivity contribution in [3.8, 4) is 16.9 Å². The maximum Gasteiger partial charge on any atom is 0.228 e. The highest BCUT2D eigenvalue weighted by molar-refractivity contribution is 6.01. The van der Waals surface area contributed by atoms with Crippen LogP contribution in [-0.4, -0.2) is 90.6 Å². The average molecular weight is 541 g/mol. The SMILES string of the molecule is Oc1cc(-c2ccc3c(N4C[C@H]5CC[C@@H](C4)N5)nc(N4CC(N5CCOCC5)C4)nc3c2F)c2ccccc2c1. The van der Waals surface area contributed by atoms with Gasteiger partial charge >= 0.3 is 0 Å². The van der Waals surface area contributed by atoms with Crippen molar-refractivity contribution in [2.75, 3.05) is 62.3 Å². The van der Waals surface area contributed by atoms with Gasteiger partial charge in [-0.3, -0.25) is 4.90 Å². The van der Waals surface area contributed by atoms with Crippen molar-refractivity contribution >= 4 is 33.4 Å². The van der Waals surface area contributed by atoms with E-state index in [0.29, 0.717) is 40.7 Å². The number of nitrogens with one attached hydrogen (secondary N) is 1. The van der Waals surface area contributed by atoms with Crippen LogP contribution in [0.4, 0.5) is 16.2 Å². The zero-order valence-corrected chi connectivity index (χ0v) is 22.4. The summed E-state index contributed by atoms with van der Waals surface area (Å²) in [5, 5.41) is 16.6. The molecule has 0 saturated carbocycles. The Labute approximate surface area is 232 Å². The molecule has 0 spiro atoms. The lowest BCUT2D eigenvalue weighted by Gasteiger charge is -2.46. The molecular weight excluding hydrogens is 507 g/mol. The van der Waals surface area contributed by atoms with Crippen LogP contribution in [0.3, 0.4) is 0 Å². The number of morpholine rings is 1. The van der Waals surface area contributed by atoms with Gasteiger partial charge in [0.1, 0.15) is 17.1 Å². The number of ether oxygens (including phenoxy) is 1. The summed E-state index contributed by atoms with van der Waals surface area (Å²) in [7, 11) is 0. The van der Waals surface area contributed by atoms with Crippen LogP contribution < -0.4 is 15.1 Å². The van der Waals surface area contributed by atoms with Gasteiger partial charge in [0.05, 0.1) is 13.2 Å². The fourth-order valence-corrected chi connectivity index (χ4v) is 7.00. The van der Waals surface area contributed by atoms with Crippen molar-refractivity contribution < 1.29 is 14.2 Å². The fourth-order valence-electron chi connectivity index (χ4n) is 7.00. The van der Waals surface area contributed by atoms with E-state index in [0.717, 1.165) is 87.3 Å². The van der Waals surface area contributed by atoms with E-state index in [1.807, 2.05) is 36.4 Å². The largest absolute Gasteiger partial charge is 0.508 e. The topological polar surface area (TPSA) is 77.0 Å². The third-order valence-electron chi connectivity index (χ3n) is 9.13. The second kappa shape index (κ2) is 9.54. The van der Waals surface area contributed by atoms with Crippen molar-refractivity contribution in [3.63, 3.8) is 0 Å². The number of benzene rings is 3. The molecule has 2 atom stereocenters. The minimum atomic E-state index is -0.374. The van der Waals surface area contributed by atoms with E-state index in [4.69, 9.17) is 14.7 Å². The van der Waals surface area contributed by atoms with Gasteiger partial charge in [-0.2, -0.15) is 4.98 Å². The van der Waals surface area contributed by atoms with Gasteiger partial charge in [0.25, 0.3) is 0 Å². The normalized spacial score (nSPS) is 23.7. The molecular formula is C31H33FN6O2. The first-order valence-corrected chi connectivity index (χ1v) is 14.4. The molecule has 4 fully saturated rings. The maximum atomic E-state index is 16.6. The first-order valence-electron chi connectivity index (χ1n) is 14.4. The molecule has 4 saturated heterocycles. The summed E-state index contributed by atoms with van der Waals surface area (Å²) in [5.41, 5.74) is 1.43. The Morgan fingerprint density at radius 3 is 2.42 bits per heavy atom. The summed E-state index contributed by atoms with van der Waals surface area (Å²) < 4.78 is 22.1. The van der Waals surface area contributed by atoms with E-state index in [1.54, 1.807) is 12.1 Å². The number of nitrogens with zero attached hydrogens (tertiary/aromatic N) is 5. The molecule has 3 aromatic carbocycles. The summed E-state index contributed by atoms with van der Waals surface area (Å²) in [6.45, 7) is 6.82. The third-order valence-corrected chi connectivity index (χ3v) is 9.13. The van der Waals surface area contributed by atoms with Crippen molar-refractivity contribution in [2.24, 2.45) is 0 Å². The number of anilines is 2. The monoisotopic (exact) mass is 540 g/mol. The molecule has 0 amide bonds. The van der Waals surface area contributed by atoms with Crippen LogP contribution >= 0.6 is 0 Å². The first kappa shape index (κ1) is 24.3. The molecule has 0 unspecified atom stereocenters. The van der Waals surface area contributed by atoms with E-state index in [2.05, 4.69) is 20.0 Å². The fraction of sp³-hybridized carbons (Fsp3) is 0.419. The highest BCUT2D eigenvalue weighted by Crippen LogP contribution is 2.39. The molecule has 4 aliphatic heterocycles. The molecule has 4 aromatic rings. The molecule has 1 aromatic heterocycles. The van der Waals surface area contributed by atoms with Gasteiger partial charge in [0, 0.05) is 68.3 Å².